The smallest absolute Gasteiger partial charge is 0.222 e. The zero-order chi connectivity index (χ0) is 13.0. The predicted octanol–water partition coefficient (Wildman–Crippen LogP) is 1.05. The van der Waals surface area contributed by atoms with Crippen LogP contribution in [0.15, 0.2) is 23.3 Å². The monoisotopic (exact) mass is 375 g/mol. The molecular formula is C12H18IN5O. The van der Waals surface area contributed by atoms with E-state index in [1.165, 1.54) is 6.92 Å². The Morgan fingerprint density at radius 3 is 2.79 bits per heavy atom. The number of halogens is 1. The highest BCUT2D eigenvalue weighted by molar-refractivity contribution is 14.0. The van der Waals surface area contributed by atoms with Gasteiger partial charge in [-0.1, -0.05) is 6.07 Å². The van der Waals surface area contributed by atoms with Gasteiger partial charge in [-0.2, -0.15) is 0 Å². The lowest BCUT2D eigenvalue weighted by atomic mass is 10.3. The number of hydrogen-bond acceptors (Lipinski definition) is 5. The minimum atomic E-state index is -0.115. The average molecular weight is 375 g/mol. The van der Waals surface area contributed by atoms with Crippen molar-refractivity contribution in [3.63, 3.8) is 0 Å². The molecule has 1 aliphatic rings. The Bertz CT molecular complexity index is 460. The van der Waals surface area contributed by atoms with Gasteiger partial charge in [-0.3, -0.25) is 9.79 Å². The summed E-state index contributed by atoms with van der Waals surface area (Å²) in [5.41, 5.74) is 1.05. The van der Waals surface area contributed by atoms with E-state index >= 15 is 0 Å². The predicted molar refractivity (Wildman–Crippen MR) is 85.7 cm³/mol. The Morgan fingerprint density at radius 2 is 2.26 bits per heavy atom. The number of nitrogens with zero attached hydrogens (tertiary/aromatic N) is 3. The molecule has 2 N–H and O–H groups in total. The molecule has 0 fully saturated rings. The largest absolute Gasteiger partial charge is 0.352 e. The van der Waals surface area contributed by atoms with E-state index in [1.54, 1.807) is 12.3 Å². The van der Waals surface area contributed by atoms with E-state index in [0.29, 0.717) is 12.4 Å². The molecule has 1 aromatic heterocycles. The van der Waals surface area contributed by atoms with Gasteiger partial charge in [0.15, 0.2) is 5.96 Å². The number of likely N-dealkylation sites (N-methyl/N-ethyl adjacent to an activating group) is 1. The van der Waals surface area contributed by atoms with Gasteiger partial charge in [0.25, 0.3) is 0 Å². The summed E-state index contributed by atoms with van der Waals surface area (Å²) >= 11 is 0. The van der Waals surface area contributed by atoms with Gasteiger partial charge in [-0.25, -0.2) is 4.98 Å². The summed E-state index contributed by atoms with van der Waals surface area (Å²) < 4.78 is 0. The summed E-state index contributed by atoms with van der Waals surface area (Å²) in [6.07, 6.45) is 1.74. The van der Waals surface area contributed by atoms with E-state index in [2.05, 4.69) is 25.5 Å². The third-order valence-electron chi connectivity index (χ3n) is 2.64. The van der Waals surface area contributed by atoms with Crippen LogP contribution in [0.2, 0.25) is 0 Å². The highest BCUT2D eigenvalue weighted by Crippen LogP contribution is 2.05. The molecular weight excluding hydrogens is 357 g/mol. The second kappa shape index (κ2) is 7.27. The van der Waals surface area contributed by atoms with E-state index in [9.17, 15) is 4.79 Å². The Kier molecular flexibility index (Phi) is 6.00. The van der Waals surface area contributed by atoms with Crippen LogP contribution in [0.4, 0.5) is 5.82 Å². The number of anilines is 1. The SMILES string of the molecule is CC(=O)Nc1ccc(CNC2=NCCN2C)cn1.I. The second-order valence-electron chi connectivity index (χ2n) is 4.21. The fourth-order valence-corrected chi connectivity index (χ4v) is 1.69. The van der Waals surface area contributed by atoms with Crippen LogP contribution in [0.5, 0.6) is 0 Å². The molecule has 0 radical (unpaired) electrons. The molecule has 1 aliphatic heterocycles. The molecule has 0 saturated carbocycles. The molecule has 1 amide bonds. The van der Waals surface area contributed by atoms with Crippen LogP contribution in [0, 0.1) is 0 Å². The number of hydrogen-bond donors (Lipinski definition) is 2. The highest BCUT2D eigenvalue weighted by Gasteiger charge is 2.11. The molecule has 0 bridgehead atoms. The van der Waals surface area contributed by atoms with Gasteiger partial charge < -0.3 is 15.5 Å². The van der Waals surface area contributed by atoms with Gasteiger partial charge >= 0.3 is 0 Å². The number of guanidine groups is 1. The van der Waals surface area contributed by atoms with Gasteiger partial charge in [0.05, 0.1) is 6.54 Å². The van der Waals surface area contributed by atoms with Gasteiger partial charge in [0.1, 0.15) is 5.82 Å². The topological polar surface area (TPSA) is 69.6 Å². The van der Waals surface area contributed by atoms with Gasteiger partial charge in [0.2, 0.25) is 5.91 Å². The van der Waals surface area contributed by atoms with Gasteiger partial charge in [-0.15, -0.1) is 24.0 Å². The van der Waals surface area contributed by atoms with E-state index < -0.39 is 0 Å². The van der Waals surface area contributed by atoms with E-state index in [-0.39, 0.29) is 29.9 Å². The second-order valence-corrected chi connectivity index (χ2v) is 4.21. The summed E-state index contributed by atoms with van der Waals surface area (Å²) in [7, 11) is 2.01. The van der Waals surface area contributed by atoms with Crippen molar-refractivity contribution < 1.29 is 4.79 Å². The number of pyridine rings is 1. The Labute approximate surface area is 129 Å². The third kappa shape index (κ3) is 4.66. The average Bonchev–Trinajstić information content (AvgIpc) is 2.73. The van der Waals surface area contributed by atoms with Crippen LogP contribution >= 0.6 is 24.0 Å². The van der Waals surface area contributed by atoms with Crippen molar-refractivity contribution in [2.24, 2.45) is 4.99 Å². The fourth-order valence-electron chi connectivity index (χ4n) is 1.69. The molecule has 0 aromatic carbocycles. The Hall–Kier alpha value is -1.38. The van der Waals surface area contributed by atoms with Crippen molar-refractivity contribution in [1.82, 2.24) is 15.2 Å². The van der Waals surface area contributed by atoms with Crippen molar-refractivity contribution in [2.45, 2.75) is 13.5 Å². The number of rotatable bonds is 3. The molecule has 0 saturated heterocycles. The number of aromatic nitrogens is 1. The molecule has 0 unspecified atom stereocenters. The third-order valence-corrected chi connectivity index (χ3v) is 2.64. The van der Waals surface area contributed by atoms with Crippen molar-refractivity contribution in [3.05, 3.63) is 23.9 Å². The lowest BCUT2D eigenvalue weighted by molar-refractivity contribution is -0.114. The van der Waals surface area contributed by atoms with Crippen LogP contribution in [0.1, 0.15) is 12.5 Å². The molecule has 7 heteroatoms. The van der Waals surface area contributed by atoms with Crippen LogP contribution in [0.25, 0.3) is 0 Å². The van der Waals surface area contributed by atoms with Crippen LogP contribution < -0.4 is 10.6 Å². The highest BCUT2D eigenvalue weighted by atomic mass is 127. The maximum atomic E-state index is 10.8. The zero-order valence-corrected chi connectivity index (χ0v) is 13.3. The summed E-state index contributed by atoms with van der Waals surface area (Å²) in [6.45, 7) is 3.95. The first-order chi connectivity index (χ1) is 8.65. The number of amides is 1. The molecule has 2 rings (SSSR count). The van der Waals surface area contributed by atoms with Gasteiger partial charge in [0, 0.05) is 33.3 Å². The maximum absolute atomic E-state index is 10.8. The van der Waals surface area contributed by atoms with Crippen molar-refractivity contribution >= 4 is 41.7 Å². The molecule has 2 heterocycles. The van der Waals surface area contributed by atoms with Crippen molar-refractivity contribution in [2.75, 3.05) is 25.5 Å². The van der Waals surface area contributed by atoms with Crippen LogP contribution in [0.3, 0.4) is 0 Å². The number of carbonyl (C=O) groups excluding carboxylic acids is 1. The first kappa shape index (κ1) is 15.7. The molecule has 1 aromatic rings. The molecule has 0 spiro atoms. The minimum absolute atomic E-state index is 0. The number of nitrogens with one attached hydrogen (secondary N) is 2. The summed E-state index contributed by atoms with van der Waals surface area (Å²) in [6, 6.07) is 3.72. The van der Waals surface area contributed by atoms with Crippen molar-refractivity contribution in [3.8, 4) is 0 Å². The molecule has 6 nitrogen and oxygen atoms in total. The first-order valence-corrected chi connectivity index (χ1v) is 5.87. The normalized spacial score (nSPS) is 13.6. The standard InChI is InChI=1S/C12H17N5O.HI/c1-9(18)16-11-4-3-10(7-14-11)8-15-12-13-5-6-17(12)2;/h3-4,7H,5-6,8H2,1-2H3,(H,13,15)(H,14,16,18);1H. The summed E-state index contributed by atoms with van der Waals surface area (Å²) in [4.78, 5) is 21.4. The molecule has 19 heavy (non-hydrogen) atoms. The Balaban J connectivity index is 0.00000180. The fraction of sp³-hybridized carbons (Fsp3) is 0.417. The first-order valence-electron chi connectivity index (χ1n) is 5.87. The van der Waals surface area contributed by atoms with E-state index in [0.717, 1.165) is 24.6 Å². The lowest BCUT2D eigenvalue weighted by Gasteiger charge is -2.15. The Morgan fingerprint density at radius 1 is 1.47 bits per heavy atom. The molecule has 0 aliphatic carbocycles. The van der Waals surface area contributed by atoms with E-state index in [1.807, 2.05) is 13.1 Å². The van der Waals surface area contributed by atoms with Crippen LogP contribution in [-0.2, 0) is 11.3 Å². The summed E-state index contributed by atoms with van der Waals surface area (Å²) in [5, 5.41) is 5.89. The van der Waals surface area contributed by atoms with E-state index in [4.69, 9.17) is 0 Å². The maximum Gasteiger partial charge on any atom is 0.222 e. The molecule has 0 atom stereocenters. The molecule has 104 valence electrons. The quantitative estimate of drug-likeness (QED) is 0.775. The van der Waals surface area contributed by atoms with Crippen molar-refractivity contribution in [1.29, 1.82) is 0 Å². The number of aliphatic imine (C=N–C) groups is 1. The summed E-state index contributed by atoms with van der Waals surface area (Å²) in [5.74, 6) is 1.37. The lowest BCUT2D eigenvalue weighted by Crippen LogP contribution is -2.35. The number of carbonyl (C=O) groups is 1. The zero-order valence-electron chi connectivity index (χ0n) is 11.0. The minimum Gasteiger partial charge on any atom is -0.352 e. The van der Waals surface area contributed by atoms with Crippen LogP contribution in [-0.4, -0.2) is 41.9 Å². The van der Waals surface area contributed by atoms with Gasteiger partial charge in [-0.05, 0) is 11.6 Å².